The number of anilines is 1. The van der Waals surface area contributed by atoms with Crippen molar-refractivity contribution < 1.29 is 4.79 Å². The monoisotopic (exact) mass is 247 g/mol. The van der Waals surface area contributed by atoms with Crippen molar-refractivity contribution in [1.29, 1.82) is 0 Å². The van der Waals surface area contributed by atoms with Gasteiger partial charge in [0.25, 0.3) is 5.91 Å². The molecule has 0 aliphatic heterocycles. The molecule has 5 heteroatoms. The van der Waals surface area contributed by atoms with E-state index in [-0.39, 0.29) is 5.91 Å². The molecule has 1 amide bonds. The summed E-state index contributed by atoms with van der Waals surface area (Å²) < 4.78 is 0. The van der Waals surface area contributed by atoms with Gasteiger partial charge in [-0.1, -0.05) is 0 Å². The van der Waals surface area contributed by atoms with Crippen LogP contribution in [0.1, 0.15) is 26.1 Å². The first-order valence-electron chi connectivity index (χ1n) is 5.24. The molecule has 88 valence electrons. The fourth-order valence-electron chi connectivity index (χ4n) is 1.55. The number of thiazole rings is 1. The third-order valence-corrected chi connectivity index (χ3v) is 3.16. The number of nitrogens with zero attached hydrogens (tertiary/aromatic N) is 2. The molecule has 0 aliphatic carbocycles. The summed E-state index contributed by atoms with van der Waals surface area (Å²) in [5.74, 6) is -0.169. The fraction of sp³-hybridized carbons (Fsp3) is 0.250. The van der Waals surface area contributed by atoms with E-state index in [0.29, 0.717) is 5.69 Å². The van der Waals surface area contributed by atoms with Gasteiger partial charge in [0.15, 0.2) is 0 Å². The number of hydrogen-bond acceptors (Lipinski definition) is 4. The predicted octanol–water partition coefficient (Wildman–Crippen LogP) is 2.72. The summed E-state index contributed by atoms with van der Waals surface area (Å²) in [7, 11) is 0. The van der Waals surface area contributed by atoms with Crippen molar-refractivity contribution in [2.24, 2.45) is 0 Å². The minimum atomic E-state index is -0.169. The second kappa shape index (κ2) is 4.63. The first-order chi connectivity index (χ1) is 8.06. The molecule has 2 aromatic heterocycles. The average molecular weight is 247 g/mol. The average Bonchev–Trinajstić information content (AvgIpc) is 2.58. The Kier molecular flexibility index (Phi) is 3.19. The molecule has 2 rings (SSSR count). The summed E-state index contributed by atoms with van der Waals surface area (Å²) in [6.45, 7) is 5.68. The maximum atomic E-state index is 12.0. The lowest BCUT2D eigenvalue weighted by molar-refractivity contribution is 0.102. The first kappa shape index (κ1) is 11.7. The molecule has 1 N–H and O–H groups in total. The van der Waals surface area contributed by atoms with Crippen LogP contribution in [0.5, 0.6) is 0 Å². The second-order valence-electron chi connectivity index (χ2n) is 3.78. The zero-order valence-electron chi connectivity index (χ0n) is 9.94. The Labute approximate surface area is 104 Å². The molecule has 2 heterocycles. The number of aromatic nitrogens is 2. The summed E-state index contributed by atoms with van der Waals surface area (Å²) in [5, 5.41) is 3.72. The highest BCUT2D eigenvalue weighted by atomic mass is 32.1. The van der Waals surface area contributed by atoms with Crippen LogP contribution in [0.3, 0.4) is 0 Å². The molecule has 0 aromatic carbocycles. The van der Waals surface area contributed by atoms with Crippen molar-refractivity contribution in [3.8, 4) is 0 Å². The number of pyridine rings is 1. The van der Waals surface area contributed by atoms with Crippen molar-refractivity contribution in [3.05, 3.63) is 39.6 Å². The Morgan fingerprint density at radius 3 is 2.71 bits per heavy atom. The van der Waals surface area contributed by atoms with E-state index in [9.17, 15) is 4.79 Å². The van der Waals surface area contributed by atoms with Crippen LogP contribution in [0.4, 0.5) is 5.69 Å². The number of carbonyl (C=O) groups excluding carboxylic acids is 1. The van der Waals surface area contributed by atoms with E-state index in [1.807, 2.05) is 26.8 Å². The third-order valence-electron chi connectivity index (χ3n) is 2.27. The lowest BCUT2D eigenvalue weighted by atomic mass is 10.3. The van der Waals surface area contributed by atoms with E-state index < -0.39 is 0 Å². The van der Waals surface area contributed by atoms with E-state index in [2.05, 4.69) is 15.3 Å². The van der Waals surface area contributed by atoms with Crippen molar-refractivity contribution in [3.63, 3.8) is 0 Å². The lowest BCUT2D eigenvalue weighted by Gasteiger charge is -2.04. The molecule has 0 fully saturated rings. The molecule has 0 aliphatic rings. The normalized spacial score (nSPS) is 10.3. The van der Waals surface area contributed by atoms with Crippen LogP contribution in [-0.2, 0) is 0 Å². The van der Waals surface area contributed by atoms with E-state index in [0.717, 1.165) is 21.3 Å². The lowest BCUT2D eigenvalue weighted by Crippen LogP contribution is -2.13. The van der Waals surface area contributed by atoms with E-state index in [1.165, 1.54) is 11.3 Å². The maximum Gasteiger partial charge on any atom is 0.275 e. The Morgan fingerprint density at radius 2 is 2.12 bits per heavy atom. The quantitative estimate of drug-likeness (QED) is 0.887. The third kappa shape index (κ3) is 2.68. The van der Waals surface area contributed by atoms with Crippen LogP contribution in [-0.4, -0.2) is 15.9 Å². The number of rotatable bonds is 2. The van der Waals surface area contributed by atoms with Gasteiger partial charge in [-0.25, -0.2) is 4.98 Å². The summed E-state index contributed by atoms with van der Waals surface area (Å²) >= 11 is 1.53. The largest absolute Gasteiger partial charge is 0.320 e. The topological polar surface area (TPSA) is 54.9 Å². The van der Waals surface area contributed by atoms with Gasteiger partial charge in [0.1, 0.15) is 5.69 Å². The van der Waals surface area contributed by atoms with Crippen molar-refractivity contribution in [2.45, 2.75) is 20.8 Å². The summed E-state index contributed by atoms with van der Waals surface area (Å²) in [4.78, 5) is 21.2. The number of amides is 1. The van der Waals surface area contributed by atoms with Crippen molar-refractivity contribution >= 4 is 22.9 Å². The number of carbonyl (C=O) groups is 1. The molecular weight excluding hydrogens is 234 g/mol. The van der Waals surface area contributed by atoms with E-state index >= 15 is 0 Å². The van der Waals surface area contributed by atoms with Gasteiger partial charge in [-0.2, -0.15) is 0 Å². The Hall–Kier alpha value is -1.75. The number of nitrogens with one attached hydrogen (secondary N) is 1. The van der Waals surface area contributed by atoms with Gasteiger partial charge in [0, 0.05) is 22.5 Å². The summed E-state index contributed by atoms with van der Waals surface area (Å²) in [6.07, 6.45) is 1.67. The number of hydrogen-bond donors (Lipinski definition) is 1. The van der Waals surface area contributed by atoms with Gasteiger partial charge < -0.3 is 5.32 Å². The van der Waals surface area contributed by atoms with Gasteiger partial charge in [0.2, 0.25) is 0 Å². The van der Waals surface area contributed by atoms with Gasteiger partial charge in [-0.05, 0) is 32.9 Å². The second-order valence-corrected chi connectivity index (χ2v) is 5.19. The first-order valence-corrected chi connectivity index (χ1v) is 6.06. The fourth-order valence-corrected chi connectivity index (χ4v) is 2.37. The van der Waals surface area contributed by atoms with Crippen molar-refractivity contribution in [1.82, 2.24) is 9.97 Å². The molecular formula is C12H13N3OS. The molecule has 0 spiro atoms. The van der Waals surface area contributed by atoms with Gasteiger partial charge in [0.05, 0.1) is 5.01 Å². The van der Waals surface area contributed by atoms with Crippen LogP contribution >= 0.6 is 11.3 Å². The molecule has 2 aromatic rings. The Balaban J connectivity index is 2.20. The maximum absolute atomic E-state index is 12.0. The molecule has 0 saturated heterocycles. The van der Waals surface area contributed by atoms with Gasteiger partial charge >= 0.3 is 0 Å². The van der Waals surface area contributed by atoms with E-state index in [1.54, 1.807) is 12.3 Å². The zero-order chi connectivity index (χ0) is 12.4. The summed E-state index contributed by atoms with van der Waals surface area (Å²) in [6, 6.07) is 3.59. The highest BCUT2D eigenvalue weighted by molar-refractivity contribution is 7.11. The van der Waals surface area contributed by atoms with Crippen LogP contribution in [0.15, 0.2) is 18.3 Å². The predicted molar refractivity (Wildman–Crippen MR) is 68.5 cm³/mol. The van der Waals surface area contributed by atoms with Crippen LogP contribution in [0.2, 0.25) is 0 Å². The minimum absolute atomic E-state index is 0.169. The SMILES string of the molecule is Cc1cc(NC(=O)c2nc(C)sc2C)ccn1. The molecule has 17 heavy (non-hydrogen) atoms. The smallest absolute Gasteiger partial charge is 0.275 e. The van der Waals surface area contributed by atoms with Crippen LogP contribution in [0, 0.1) is 20.8 Å². The van der Waals surface area contributed by atoms with E-state index in [4.69, 9.17) is 0 Å². The molecule has 0 bridgehead atoms. The number of aryl methyl sites for hydroxylation is 3. The standard InChI is InChI=1S/C12H13N3OS/c1-7-6-10(4-5-13-7)15-12(16)11-8(2)17-9(3)14-11/h4-6H,1-3H3,(H,13,15,16). The van der Waals surface area contributed by atoms with Gasteiger partial charge in [-0.15, -0.1) is 11.3 Å². The Morgan fingerprint density at radius 1 is 1.35 bits per heavy atom. The Bertz CT molecular complexity index is 563. The van der Waals surface area contributed by atoms with Crippen LogP contribution < -0.4 is 5.32 Å². The van der Waals surface area contributed by atoms with Crippen LogP contribution in [0.25, 0.3) is 0 Å². The summed E-state index contributed by atoms with van der Waals surface area (Å²) in [5.41, 5.74) is 2.11. The van der Waals surface area contributed by atoms with Gasteiger partial charge in [-0.3, -0.25) is 9.78 Å². The zero-order valence-corrected chi connectivity index (χ0v) is 10.8. The molecule has 0 radical (unpaired) electrons. The molecule has 0 saturated carbocycles. The molecule has 0 atom stereocenters. The molecule has 0 unspecified atom stereocenters. The van der Waals surface area contributed by atoms with Crippen molar-refractivity contribution in [2.75, 3.05) is 5.32 Å². The highest BCUT2D eigenvalue weighted by Gasteiger charge is 2.13. The molecule has 4 nitrogen and oxygen atoms in total. The highest BCUT2D eigenvalue weighted by Crippen LogP contribution is 2.18. The minimum Gasteiger partial charge on any atom is -0.320 e.